The zero-order valence-electron chi connectivity index (χ0n) is 11.1. The number of benzene rings is 1. The maximum atomic E-state index is 13.3. The van der Waals surface area contributed by atoms with Gasteiger partial charge in [0.25, 0.3) is 0 Å². The van der Waals surface area contributed by atoms with E-state index in [0.717, 1.165) is 5.56 Å². The van der Waals surface area contributed by atoms with E-state index < -0.39 is 11.2 Å². The molecule has 0 saturated carbocycles. The van der Waals surface area contributed by atoms with Crippen LogP contribution in [0.4, 0.5) is 4.39 Å². The molecule has 0 fully saturated rings. The summed E-state index contributed by atoms with van der Waals surface area (Å²) in [6, 6.07) is 4.65. The molecule has 1 aromatic rings. The number of ketones is 1. The average Bonchev–Trinajstić information content (AvgIpc) is 2.29. The van der Waals surface area contributed by atoms with Crippen LogP contribution in [0.2, 0.25) is 0 Å². The molecule has 0 radical (unpaired) electrons. The maximum Gasteiger partial charge on any atom is 0.165 e. The van der Waals surface area contributed by atoms with E-state index in [9.17, 15) is 9.18 Å². The zero-order chi connectivity index (χ0) is 13.9. The molecule has 0 heterocycles. The summed E-state index contributed by atoms with van der Waals surface area (Å²) in [5, 5.41) is 0. The van der Waals surface area contributed by atoms with E-state index in [1.54, 1.807) is 12.1 Å². The third-order valence-corrected chi connectivity index (χ3v) is 3.39. The lowest BCUT2D eigenvalue weighted by atomic mass is 9.87. The topological polar surface area (TPSA) is 26.3 Å². The summed E-state index contributed by atoms with van der Waals surface area (Å²) in [5.41, 5.74) is 0.478. The van der Waals surface area contributed by atoms with E-state index in [2.05, 4.69) is 15.9 Å². The number of halogens is 2. The van der Waals surface area contributed by atoms with Crippen LogP contribution in [0.1, 0.15) is 26.3 Å². The molecule has 1 aromatic carbocycles. The van der Waals surface area contributed by atoms with Gasteiger partial charge in [0, 0.05) is 5.41 Å². The molecule has 0 bridgehead atoms. The van der Waals surface area contributed by atoms with E-state index in [1.807, 2.05) is 20.8 Å². The number of hydrogen-bond donors (Lipinski definition) is 0. The Morgan fingerprint density at radius 1 is 1.44 bits per heavy atom. The Balaban J connectivity index is 2.82. The Morgan fingerprint density at radius 2 is 2.06 bits per heavy atom. The minimum atomic E-state index is -0.394. The molecule has 100 valence electrons. The van der Waals surface area contributed by atoms with E-state index in [0.29, 0.717) is 6.42 Å². The number of hydrogen-bond acceptors (Lipinski definition) is 2. The van der Waals surface area contributed by atoms with Crippen LogP contribution in [-0.4, -0.2) is 17.7 Å². The van der Waals surface area contributed by atoms with Gasteiger partial charge in [0.1, 0.15) is 0 Å². The standard InChI is InChI=1S/C14H18BrFO2/c1-14(2,3)13(17)10(15)7-9-5-6-11(16)12(8-9)18-4/h5-6,8,10H,7H2,1-4H3. The molecule has 0 aliphatic carbocycles. The average molecular weight is 317 g/mol. The predicted octanol–water partition coefficient (Wildman–Crippen LogP) is 3.76. The first-order chi connectivity index (χ1) is 8.25. The van der Waals surface area contributed by atoms with Crippen LogP contribution in [0, 0.1) is 11.2 Å². The fraction of sp³-hybridized carbons (Fsp3) is 0.500. The lowest BCUT2D eigenvalue weighted by molar-refractivity contribution is -0.125. The monoisotopic (exact) mass is 316 g/mol. The highest BCUT2D eigenvalue weighted by Crippen LogP contribution is 2.25. The summed E-state index contributed by atoms with van der Waals surface area (Å²) in [7, 11) is 1.42. The Labute approximate surface area is 116 Å². The van der Waals surface area contributed by atoms with Crippen LogP contribution in [0.15, 0.2) is 18.2 Å². The van der Waals surface area contributed by atoms with Crippen LogP contribution >= 0.6 is 15.9 Å². The second-order valence-electron chi connectivity index (χ2n) is 5.25. The van der Waals surface area contributed by atoms with Gasteiger partial charge in [0.15, 0.2) is 17.3 Å². The van der Waals surface area contributed by atoms with Gasteiger partial charge in [0.2, 0.25) is 0 Å². The zero-order valence-corrected chi connectivity index (χ0v) is 12.7. The van der Waals surface area contributed by atoms with Gasteiger partial charge in [-0.15, -0.1) is 0 Å². The number of carbonyl (C=O) groups is 1. The highest BCUT2D eigenvalue weighted by molar-refractivity contribution is 9.10. The van der Waals surface area contributed by atoms with Crippen molar-refractivity contribution in [2.75, 3.05) is 7.11 Å². The SMILES string of the molecule is COc1cc(CC(Br)C(=O)C(C)(C)C)ccc1F. The lowest BCUT2D eigenvalue weighted by Crippen LogP contribution is -2.30. The molecule has 18 heavy (non-hydrogen) atoms. The predicted molar refractivity (Wildman–Crippen MR) is 73.8 cm³/mol. The second-order valence-corrected chi connectivity index (χ2v) is 6.36. The van der Waals surface area contributed by atoms with Gasteiger partial charge in [0.05, 0.1) is 11.9 Å². The molecule has 0 spiro atoms. The van der Waals surface area contributed by atoms with Gasteiger partial charge in [-0.3, -0.25) is 4.79 Å². The van der Waals surface area contributed by atoms with E-state index in [4.69, 9.17) is 4.74 Å². The third-order valence-electron chi connectivity index (χ3n) is 2.65. The first kappa shape index (κ1) is 15.2. The summed E-state index contributed by atoms with van der Waals surface area (Å²) < 4.78 is 18.2. The maximum absolute atomic E-state index is 13.3. The van der Waals surface area contributed by atoms with Crippen molar-refractivity contribution >= 4 is 21.7 Å². The Bertz CT molecular complexity index is 438. The molecule has 1 rings (SSSR count). The van der Waals surface area contributed by atoms with Crippen molar-refractivity contribution < 1.29 is 13.9 Å². The highest BCUT2D eigenvalue weighted by atomic mass is 79.9. The van der Waals surface area contributed by atoms with Gasteiger partial charge in [-0.2, -0.15) is 0 Å². The molecular weight excluding hydrogens is 299 g/mol. The number of carbonyl (C=O) groups excluding carboxylic acids is 1. The van der Waals surface area contributed by atoms with Crippen molar-refractivity contribution in [1.82, 2.24) is 0 Å². The number of rotatable bonds is 4. The van der Waals surface area contributed by atoms with Crippen molar-refractivity contribution in [2.45, 2.75) is 32.0 Å². The Kier molecular flexibility index (Phi) is 4.91. The van der Waals surface area contributed by atoms with Gasteiger partial charge in [-0.25, -0.2) is 4.39 Å². The van der Waals surface area contributed by atoms with Crippen LogP contribution in [0.3, 0.4) is 0 Å². The van der Waals surface area contributed by atoms with E-state index in [-0.39, 0.29) is 16.4 Å². The van der Waals surface area contributed by atoms with Gasteiger partial charge < -0.3 is 4.74 Å². The first-order valence-electron chi connectivity index (χ1n) is 5.76. The Morgan fingerprint density at radius 3 is 2.56 bits per heavy atom. The van der Waals surface area contributed by atoms with Crippen molar-refractivity contribution in [3.05, 3.63) is 29.6 Å². The van der Waals surface area contributed by atoms with E-state index in [1.165, 1.54) is 13.2 Å². The van der Waals surface area contributed by atoms with Crippen LogP contribution in [0.5, 0.6) is 5.75 Å². The molecule has 0 amide bonds. The molecule has 0 saturated heterocycles. The van der Waals surface area contributed by atoms with Gasteiger partial charge in [-0.05, 0) is 24.1 Å². The number of methoxy groups -OCH3 is 1. The minimum Gasteiger partial charge on any atom is -0.494 e. The molecule has 2 nitrogen and oxygen atoms in total. The summed E-state index contributed by atoms with van der Waals surface area (Å²) in [5.74, 6) is -0.0595. The van der Waals surface area contributed by atoms with Crippen LogP contribution in [0.25, 0.3) is 0 Å². The quantitative estimate of drug-likeness (QED) is 0.791. The van der Waals surface area contributed by atoms with E-state index >= 15 is 0 Å². The van der Waals surface area contributed by atoms with Crippen molar-refractivity contribution in [3.63, 3.8) is 0 Å². The van der Waals surface area contributed by atoms with Gasteiger partial charge in [-0.1, -0.05) is 42.8 Å². The highest BCUT2D eigenvalue weighted by Gasteiger charge is 2.27. The summed E-state index contributed by atoms with van der Waals surface area (Å²) in [6.45, 7) is 5.65. The lowest BCUT2D eigenvalue weighted by Gasteiger charge is -2.20. The van der Waals surface area contributed by atoms with Crippen molar-refractivity contribution in [2.24, 2.45) is 5.41 Å². The summed E-state index contributed by atoms with van der Waals surface area (Å²) in [4.78, 5) is 11.8. The van der Waals surface area contributed by atoms with Crippen molar-refractivity contribution in [3.8, 4) is 5.75 Å². The fourth-order valence-electron chi connectivity index (χ4n) is 1.60. The number of Topliss-reactive ketones (excluding diaryl/α,β-unsaturated/α-hetero) is 1. The summed E-state index contributed by atoms with van der Waals surface area (Å²) in [6.07, 6.45) is 0.521. The number of ether oxygens (including phenoxy) is 1. The van der Waals surface area contributed by atoms with Crippen molar-refractivity contribution in [1.29, 1.82) is 0 Å². The number of alkyl halides is 1. The first-order valence-corrected chi connectivity index (χ1v) is 6.68. The molecule has 0 aliphatic heterocycles. The third kappa shape index (κ3) is 3.80. The van der Waals surface area contributed by atoms with Crippen LogP contribution in [-0.2, 0) is 11.2 Å². The summed E-state index contributed by atoms with van der Waals surface area (Å²) >= 11 is 3.40. The molecular formula is C14H18BrFO2. The fourth-order valence-corrected chi connectivity index (χ4v) is 2.66. The second kappa shape index (κ2) is 5.83. The molecule has 1 atom stereocenters. The normalized spacial score (nSPS) is 13.2. The Hall–Kier alpha value is -0.900. The molecule has 0 aromatic heterocycles. The molecule has 0 aliphatic rings. The minimum absolute atomic E-state index is 0.130. The largest absolute Gasteiger partial charge is 0.494 e. The van der Waals surface area contributed by atoms with Crippen LogP contribution < -0.4 is 4.74 Å². The van der Waals surface area contributed by atoms with Gasteiger partial charge >= 0.3 is 0 Å². The molecule has 4 heteroatoms. The smallest absolute Gasteiger partial charge is 0.165 e. The molecule has 1 unspecified atom stereocenters. The molecule has 0 N–H and O–H groups in total.